The Hall–Kier alpha value is -1.59. The summed E-state index contributed by atoms with van der Waals surface area (Å²) in [5.41, 5.74) is 6.95. The van der Waals surface area contributed by atoms with Crippen LogP contribution in [0.4, 0.5) is 4.39 Å². The van der Waals surface area contributed by atoms with Crippen LogP contribution < -0.4 is 10.5 Å². The van der Waals surface area contributed by atoms with Crippen LogP contribution in [-0.4, -0.2) is 11.2 Å². The number of rotatable bonds is 5. The van der Waals surface area contributed by atoms with Crippen LogP contribution in [-0.2, 0) is 6.61 Å². The van der Waals surface area contributed by atoms with Crippen molar-refractivity contribution in [3.8, 4) is 5.75 Å². The topological polar surface area (TPSA) is 35.2 Å². The van der Waals surface area contributed by atoms with Crippen LogP contribution in [0.1, 0.15) is 11.1 Å². The van der Waals surface area contributed by atoms with E-state index in [1.807, 2.05) is 18.4 Å². The molecular weight excluding hydrogens is 293 g/mol. The lowest BCUT2D eigenvalue weighted by Gasteiger charge is -2.13. The number of nitrogens with two attached hydrogens (primary N) is 1. The highest BCUT2D eigenvalue weighted by Gasteiger charge is 2.12. The average Bonchev–Trinajstić information content (AvgIpc) is 2.45. The lowest BCUT2D eigenvalue weighted by Crippen LogP contribution is -2.13. The van der Waals surface area contributed by atoms with E-state index in [9.17, 15) is 4.39 Å². The zero-order valence-electron chi connectivity index (χ0n) is 10.9. The molecule has 0 aliphatic carbocycles. The molecule has 20 heavy (non-hydrogen) atoms. The molecule has 0 aliphatic heterocycles. The summed E-state index contributed by atoms with van der Waals surface area (Å²) in [4.78, 5) is 1.22. The summed E-state index contributed by atoms with van der Waals surface area (Å²) in [7, 11) is 0. The van der Waals surface area contributed by atoms with Crippen molar-refractivity contribution in [2.45, 2.75) is 11.5 Å². The third-order valence-corrected chi connectivity index (χ3v) is 3.78. The molecule has 0 fully saturated rings. The fourth-order valence-corrected chi connectivity index (χ4v) is 2.72. The Morgan fingerprint density at radius 2 is 2.00 bits per heavy atom. The fraction of sp³-hybridized carbons (Fsp3) is 0.133. The number of benzene rings is 2. The van der Waals surface area contributed by atoms with E-state index in [0.717, 1.165) is 4.90 Å². The lowest BCUT2D eigenvalue weighted by molar-refractivity contribution is 0.298. The van der Waals surface area contributed by atoms with Gasteiger partial charge in [-0.1, -0.05) is 36.5 Å². The molecule has 0 atom stereocenters. The van der Waals surface area contributed by atoms with Gasteiger partial charge in [0.05, 0.1) is 5.56 Å². The van der Waals surface area contributed by atoms with Gasteiger partial charge in [0.1, 0.15) is 23.2 Å². The summed E-state index contributed by atoms with van der Waals surface area (Å²) < 4.78 is 19.2. The monoisotopic (exact) mass is 307 g/mol. The van der Waals surface area contributed by atoms with Crippen molar-refractivity contribution in [3.05, 3.63) is 59.4 Å². The molecule has 0 radical (unpaired) electrons. The van der Waals surface area contributed by atoms with E-state index in [-0.39, 0.29) is 17.4 Å². The van der Waals surface area contributed by atoms with E-state index in [4.69, 9.17) is 22.7 Å². The van der Waals surface area contributed by atoms with Gasteiger partial charge in [0, 0.05) is 10.5 Å². The van der Waals surface area contributed by atoms with E-state index in [0.29, 0.717) is 16.9 Å². The molecule has 0 heterocycles. The number of hydrogen-bond donors (Lipinski definition) is 1. The zero-order valence-corrected chi connectivity index (χ0v) is 12.6. The van der Waals surface area contributed by atoms with Gasteiger partial charge in [-0.15, -0.1) is 11.8 Å². The molecule has 2 aromatic carbocycles. The Bertz CT molecular complexity index is 631. The first-order valence-electron chi connectivity index (χ1n) is 5.96. The van der Waals surface area contributed by atoms with Crippen molar-refractivity contribution in [1.82, 2.24) is 0 Å². The van der Waals surface area contributed by atoms with Crippen LogP contribution in [0, 0.1) is 5.82 Å². The van der Waals surface area contributed by atoms with Crippen LogP contribution in [0.5, 0.6) is 5.75 Å². The Labute approximate surface area is 127 Å². The predicted molar refractivity (Wildman–Crippen MR) is 84.8 cm³/mol. The first kappa shape index (κ1) is 14.8. The molecule has 0 unspecified atom stereocenters. The van der Waals surface area contributed by atoms with Crippen LogP contribution in [0.2, 0.25) is 0 Å². The van der Waals surface area contributed by atoms with Gasteiger partial charge in [0.25, 0.3) is 0 Å². The molecule has 0 aliphatic rings. The summed E-state index contributed by atoms with van der Waals surface area (Å²) in [6, 6.07) is 12.1. The van der Waals surface area contributed by atoms with Crippen molar-refractivity contribution in [3.63, 3.8) is 0 Å². The van der Waals surface area contributed by atoms with Crippen molar-refractivity contribution in [2.24, 2.45) is 5.73 Å². The van der Waals surface area contributed by atoms with E-state index in [1.54, 1.807) is 36.0 Å². The van der Waals surface area contributed by atoms with E-state index in [2.05, 4.69) is 0 Å². The van der Waals surface area contributed by atoms with Crippen molar-refractivity contribution in [2.75, 3.05) is 6.26 Å². The van der Waals surface area contributed by atoms with Gasteiger partial charge in [0.15, 0.2) is 0 Å². The third-order valence-electron chi connectivity index (χ3n) is 2.80. The second kappa shape index (κ2) is 6.72. The Kier molecular flexibility index (Phi) is 4.98. The SMILES string of the molecule is CSc1cccc(OCc2ccccc2F)c1C(N)=S. The largest absolute Gasteiger partial charge is 0.488 e. The molecule has 0 amide bonds. The minimum atomic E-state index is -0.287. The Morgan fingerprint density at radius 1 is 1.25 bits per heavy atom. The maximum atomic E-state index is 13.6. The van der Waals surface area contributed by atoms with Crippen LogP contribution in [0.25, 0.3) is 0 Å². The molecule has 2 nitrogen and oxygen atoms in total. The summed E-state index contributed by atoms with van der Waals surface area (Å²) in [5, 5.41) is 0. The summed E-state index contributed by atoms with van der Waals surface area (Å²) >= 11 is 6.61. The molecule has 0 saturated heterocycles. The number of thioether (sulfide) groups is 1. The fourth-order valence-electron chi connectivity index (χ4n) is 1.82. The van der Waals surface area contributed by atoms with Crippen molar-refractivity contribution < 1.29 is 9.13 Å². The van der Waals surface area contributed by atoms with E-state index < -0.39 is 0 Å². The molecule has 2 rings (SSSR count). The van der Waals surface area contributed by atoms with Crippen LogP contribution >= 0.6 is 24.0 Å². The Balaban J connectivity index is 2.26. The lowest BCUT2D eigenvalue weighted by atomic mass is 10.2. The normalized spacial score (nSPS) is 10.3. The maximum Gasteiger partial charge on any atom is 0.131 e. The van der Waals surface area contributed by atoms with Gasteiger partial charge in [-0.25, -0.2) is 4.39 Å². The molecule has 5 heteroatoms. The highest BCUT2D eigenvalue weighted by molar-refractivity contribution is 7.98. The van der Waals surface area contributed by atoms with Gasteiger partial charge in [-0.05, 0) is 24.5 Å². The quantitative estimate of drug-likeness (QED) is 0.674. The molecular formula is C15H14FNOS2. The van der Waals surface area contributed by atoms with Gasteiger partial charge >= 0.3 is 0 Å². The van der Waals surface area contributed by atoms with Crippen LogP contribution in [0.3, 0.4) is 0 Å². The van der Waals surface area contributed by atoms with E-state index >= 15 is 0 Å². The number of halogens is 1. The van der Waals surface area contributed by atoms with E-state index in [1.165, 1.54) is 6.07 Å². The first-order valence-corrected chi connectivity index (χ1v) is 7.59. The summed E-state index contributed by atoms with van der Waals surface area (Å²) in [5.74, 6) is 0.290. The second-order valence-electron chi connectivity index (χ2n) is 4.08. The highest BCUT2D eigenvalue weighted by Crippen LogP contribution is 2.29. The Morgan fingerprint density at radius 3 is 2.65 bits per heavy atom. The molecule has 0 spiro atoms. The number of ether oxygens (including phenoxy) is 1. The molecule has 0 saturated carbocycles. The van der Waals surface area contributed by atoms with Gasteiger partial charge in [-0.2, -0.15) is 0 Å². The first-order chi connectivity index (χ1) is 9.63. The average molecular weight is 307 g/mol. The molecule has 0 bridgehead atoms. The van der Waals surface area contributed by atoms with Crippen molar-refractivity contribution >= 4 is 29.0 Å². The van der Waals surface area contributed by atoms with Crippen LogP contribution in [0.15, 0.2) is 47.4 Å². The number of thiocarbonyl (C=S) groups is 1. The molecule has 104 valence electrons. The standard InChI is InChI=1S/C15H14FNOS2/c1-20-13-8-4-7-12(14(13)15(17)19)18-9-10-5-2-3-6-11(10)16/h2-8H,9H2,1H3,(H2,17,19). The molecule has 0 aromatic heterocycles. The van der Waals surface area contributed by atoms with Crippen molar-refractivity contribution in [1.29, 1.82) is 0 Å². The highest BCUT2D eigenvalue weighted by atomic mass is 32.2. The second-order valence-corrected chi connectivity index (χ2v) is 5.37. The van der Waals surface area contributed by atoms with Gasteiger partial charge < -0.3 is 10.5 Å². The summed E-state index contributed by atoms with van der Waals surface area (Å²) in [6.45, 7) is 0.139. The van der Waals surface area contributed by atoms with Gasteiger partial charge in [0.2, 0.25) is 0 Å². The molecule has 2 N–H and O–H groups in total. The summed E-state index contributed by atoms with van der Waals surface area (Å²) in [6.07, 6.45) is 1.94. The smallest absolute Gasteiger partial charge is 0.131 e. The zero-order chi connectivity index (χ0) is 14.5. The van der Waals surface area contributed by atoms with Gasteiger partial charge in [-0.3, -0.25) is 0 Å². The third kappa shape index (κ3) is 3.29. The minimum Gasteiger partial charge on any atom is -0.488 e. The predicted octanol–water partition coefficient (Wildman–Crippen LogP) is 3.76. The number of hydrogen-bond acceptors (Lipinski definition) is 3. The maximum absolute atomic E-state index is 13.6. The molecule has 2 aromatic rings. The minimum absolute atomic E-state index is 0.139.